The number of thiol groups is 1. The molecule has 1 fully saturated rings. The molecule has 1 saturated heterocycles. The van der Waals surface area contributed by atoms with Crippen LogP contribution < -0.4 is 4.72 Å². The van der Waals surface area contributed by atoms with Crippen molar-refractivity contribution in [3.05, 3.63) is 29.6 Å². The lowest BCUT2D eigenvalue weighted by Gasteiger charge is -2.39. The van der Waals surface area contributed by atoms with E-state index in [0.29, 0.717) is 13.2 Å². The minimum Gasteiger partial charge on any atom is -0.377 e. The van der Waals surface area contributed by atoms with Gasteiger partial charge in [0.2, 0.25) is 0 Å². The lowest BCUT2D eigenvalue weighted by atomic mass is 9.94. The summed E-state index contributed by atoms with van der Waals surface area (Å²) in [6, 6.07) is 4.06. The first-order valence-electron chi connectivity index (χ1n) is 4.19. The van der Waals surface area contributed by atoms with Crippen molar-refractivity contribution in [2.45, 2.75) is 12.5 Å². The van der Waals surface area contributed by atoms with Crippen LogP contribution in [0.3, 0.4) is 0 Å². The third-order valence-electron chi connectivity index (χ3n) is 2.31. The summed E-state index contributed by atoms with van der Waals surface area (Å²) in [7, 11) is 0. The molecule has 4 heteroatoms. The molecule has 0 aliphatic carbocycles. The summed E-state index contributed by atoms with van der Waals surface area (Å²) in [4.78, 5) is 4.35. The predicted molar refractivity (Wildman–Crippen MR) is 53.6 cm³/mol. The van der Waals surface area contributed by atoms with Crippen LogP contribution in [0.15, 0.2) is 18.3 Å². The summed E-state index contributed by atoms with van der Waals surface area (Å²) in [5.41, 5.74) is 1.99. The van der Waals surface area contributed by atoms with Crippen LogP contribution in [0.25, 0.3) is 0 Å². The molecule has 3 nitrogen and oxygen atoms in total. The predicted octanol–water partition coefficient (Wildman–Crippen LogP) is 1.05. The van der Waals surface area contributed by atoms with E-state index >= 15 is 0 Å². The van der Waals surface area contributed by atoms with E-state index in [1.807, 2.05) is 25.3 Å². The monoisotopic (exact) mass is 196 g/mol. The number of nitrogens with one attached hydrogen (secondary N) is 1. The van der Waals surface area contributed by atoms with Crippen molar-refractivity contribution in [3.63, 3.8) is 0 Å². The fourth-order valence-electron chi connectivity index (χ4n) is 1.33. The normalized spacial score (nSPS) is 19.5. The standard InChI is InChI=1S/C9H12N2OS/c1-7-2-3-8(10-4-7)9(11-13)5-12-6-9/h2-4,11,13H,5-6H2,1H3. The van der Waals surface area contributed by atoms with E-state index in [1.54, 1.807) is 0 Å². The number of hydrogen-bond acceptors (Lipinski definition) is 4. The summed E-state index contributed by atoms with van der Waals surface area (Å²) in [5.74, 6) is 0. The largest absolute Gasteiger partial charge is 0.377 e. The molecule has 70 valence electrons. The Morgan fingerprint density at radius 2 is 2.31 bits per heavy atom. The molecular weight excluding hydrogens is 184 g/mol. The van der Waals surface area contributed by atoms with Crippen molar-refractivity contribution in [3.8, 4) is 0 Å². The van der Waals surface area contributed by atoms with Gasteiger partial charge >= 0.3 is 0 Å². The average molecular weight is 196 g/mol. The highest BCUT2D eigenvalue weighted by Gasteiger charge is 2.40. The third kappa shape index (κ3) is 1.45. The number of pyridine rings is 1. The molecule has 0 aromatic carbocycles. The Bertz CT molecular complexity index is 289. The number of aromatic nitrogens is 1. The number of ether oxygens (including phenoxy) is 1. The number of nitrogens with zero attached hydrogens (tertiary/aromatic N) is 1. The van der Waals surface area contributed by atoms with Gasteiger partial charge in [-0.15, -0.1) is 0 Å². The summed E-state index contributed by atoms with van der Waals surface area (Å²) < 4.78 is 8.12. The van der Waals surface area contributed by atoms with Crippen LogP contribution in [0.5, 0.6) is 0 Å². The lowest BCUT2D eigenvalue weighted by Crippen LogP contribution is -2.54. The van der Waals surface area contributed by atoms with Crippen LogP contribution in [0.2, 0.25) is 0 Å². The van der Waals surface area contributed by atoms with Gasteiger partial charge in [-0.2, -0.15) is 0 Å². The molecule has 13 heavy (non-hydrogen) atoms. The Labute approximate surface area is 83.1 Å². The van der Waals surface area contributed by atoms with Crippen LogP contribution in [0.1, 0.15) is 11.3 Å². The average Bonchev–Trinajstić information content (AvgIpc) is 2.07. The van der Waals surface area contributed by atoms with Gasteiger partial charge in [-0.3, -0.25) is 9.71 Å². The Hall–Kier alpha value is -0.580. The van der Waals surface area contributed by atoms with Gasteiger partial charge in [0.15, 0.2) is 0 Å². The van der Waals surface area contributed by atoms with Gasteiger partial charge in [0.25, 0.3) is 0 Å². The Morgan fingerprint density at radius 3 is 2.69 bits per heavy atom. The third-order valence-corrected chi connectivity index (χ3v) is 2.74. The molecule has 0 unspecified atom stereocenters. The van der Waals surface area contributed by atoms with Gasteiger partial charge in [-0.25, -0.2) is 0 Å². The molecule has 0 bridgehead atoms. The van der Waals surface area contributed by atoms with E-state index in [1.165, 1.54) is 5.56 Å². The smallest absolute Gasteiger partial charge is 0.117 e. The van der Waals surface area contributed by atoms with Crippen LogP contribution in [-0.2, 0) is 10.3 Å². The van der Waals surface area contributed by atoms with Crippen molar-refractivity contribution >= 4 is 12.8 Å². The molecule has 0 saturated carbocycles. The van der Waals surface area contributed by atoms with E-state index in [9.17, 15) is 0 Å². The van der Waals surface area contributed by atoms with Crippen LogP contribution in [0.4, 0.5) is 0 Å². The Balaban J connectivity index is 2.28. The van der Waals surface area contributed by atoms with Crippen molar-refractivity contribution in [1.82, 2.24) is 9.71 Å². The van der Waals surface area contributed by atoms with Gasteiger partial charge < -0.3 is 4.74 Å². The zero-order valence-corrected chi connectivity index (χ0v) is 8.34. The van der Waals surface area contributed by atoms with E-state index < -0.39 is 0 Å². The summed E-state index contributed by atoms with van der Waals surface area (Å²) in [5, 5.41) is 0. The minimum absolute atomic E-state index is 0.170. The van der Waals surface area contributed by atoms with Gasteiger partial charge in [-0.1, -0.05) is 18.9 Å². The van der Waals surface area contributed by atoms with E-state index in [2.05, 4.69) is 22.5 Å². The second-order valence-electron chi connectivity index (χ2n) is 3.41. The first-order valence-corrected chi connectivity index (χ1v) is 4.64. The maximum atomic E-state index is 5.16. The van der Waals surface area contributed by atoms with Crippen LogP contribution in [0, 0.1) is 6.92 Å². The van der Waals surface area contributed by atoms with Gasteiger partial charge in [0.05, 0.1) is 18.9 Å². The Kier molecular flexibility index (Phi) is 2.27. The second kappa shape index (κ2) is 3.29. The number of rotatable bonds is 2. The summed E-state index contributed by atoms with van der Waals surface area (Å²) in [6.07, 6.45) is 1.86. The van der Waals surface area contributed by atoms with Crippen molar-refractivity contribution < 1.29 is 4.74 Å². The molecule has 2 rings (SSSR count). The highest BCUT2D eigenvalue weighted by Crippen LogP contribution is 2.28. The second-order valence-corrected chi connectivity index (χ2v) is 3.63. The molecule has 1 aliphatic heterocycles. The lowest BCUT2D eigenvalue weighted by molar-refractivity contribution is -0.0669. The van der Waals surface area contributed by atoms with E-state index in [-0.39, 0.29) is 5.54 Å². The number of hydrogen-bond donors (Lipinski definition) is 2. The first kappa shape index (κ1) is 8.99. The molecule has 1 aromatic rings. The highest BCUT2D eigenvalue weighted by atomic mass is 32.1. The molecule has 0 amide bonds. The molecule has 0 radical (unpaired) electrons. The fraction of sp³-hybridized carbons (Fsp3) is 0.444. The van der Waals surface area contributed by atoms with Crippen LogP contribution in [-0.4, -0.2) is 18.2 Å². The topological polar surface area (TPSA) is 34.1 Å². The zero-order valence-electron chi connectivity index (χ0n) is 7.45. The molecule has 1 aromatic heterocycles. The van der Waals surface area contributed by atoms with Gasteiger partial charge in [0.1, 0.15) is 5.54 Å². The molecule has 2 heterocycles. The molecule has 0 atom stereocenters. The van der Waals surface area contributed by atoms with E-state index in [4.69, 9.17) is 4.74 Å². The molecule has 1 N–H and O–H groups in total. The van der Waals surface area contributed by atoms with Gasteiger partial charge in [0, 0.05) is 6.20 Å². The molecular formula is C9H12N2OS. The highest BCUT2D eigenvalue weighted by molar-refractivity contribution is 7.78. The SMILES string of the molecule is Cc1ccc(C2(NS)COC2)nc1. The van der Waals surface area contributed by atoms with Crippen molar-refractivity contribution in [2.24, 2.45) is 0 Å². The van der Waals surface area contributed by atoms with E-state index in [0.717, 1.165) is 5.69 Å². The molecule has 0 spiro atoms. The quantitative estimate of drug-likeness (QED) is 0.694. The van der Waals surface area contributed by atoms with Crippen molar-refractivity contribution in [2.75, 3.05) is 13.2 Å². The fourth-order valence-corrected chi connectivity index (χ4v) is 1.57. The number of aryl methyl sites for hydroxylation is 1. The molecule has 1 aliphatic rings. The first-order chi connectivity index (χ1) is 6.27. The Morgan fingerprint density at radius 1 is 1.54 bits per heavy atom. The minimum atomic E-state index is -0.170. The summed E-state index contributed by atoms with van der Waals surface area (Å²) in [6.45, 7) is 3.31. The zero-order chi connectivity index (χ0) is 9.31. The maximum absolute atomic E-state index is 5.16. The van der Waals surface area contributed by atoms with Crippen molar-refractivity contribution in [1.29, 1.82) is 0 Å². The maximum Gasteiger partial charge on any atom is 0.117 e. The van der Waals surface area contributed by atoms with Crippen LogP contribution >= 0.6 is 12.8 Å². The van der Waals surface area contributed by atoms with Gasteiger partial charge in [-0.05, 0) is 18.6 Å². The summed E-state index contributed by atoms with van der Waals surface area (Å²) >= 11 is 4.10.